The van der Waals surface area contributed by atoms with E-state index < -0.39 is 10.0 Å². The molecule has 0 amide bonds. The topological polar surface area (TPSA) is 88.6 Å². The second-order valence-corrected chi connectivity index (χ2v) is 6.18. The molecule has 0 spiro atoms. The molecule has 2 heterocycles. The van der Waals surface area contributed by atoms with Crippen molar-refractivity contribution in [3.8, 4) is 0 Å². The monoisotopic (exact) mass is 288 g/mol. The van der Waals surface area contributed by atoms with Crippen molar-refractivity contribution >= 4 is 27.9 Å². The van der Waals surface area contributed by atoms with Crippen LogP contribution in [0.3, 0.4) is 0 Å². The number of aromatic nitrogens is 1. The van der Waals surface area contributed by atoms with Gasteiger partial charge in [-0.1, -0.05) is 18.2 Å². The summed E-state index contributed by atoms with van der Waals surface area (Å²) >= 11 is 0. The van der Waals surface area contributed by atoms with Crippen molar-refractivity contribution in [1.29, 1.82) is 0 Å². The summed E-state index contributed by atoms with van der Waals surface area (Å²) in [7, 11) is -3.59. The van der Waals surface area contributed by atoms with Crippen LogP contribution in [-0.4, -0.2) is 24.0 Å². The Morgan fingerprint density at radius 3 is 2.70 bits per heavy atom. The number of rotatable bonds is 2. The molecule has 7 heteroatoms. The zero-order chi connectivity index (χ0) is 14.2. The fraction of sp³-hybridized carbons (Fsp3) is 0.0769. The van der Waals surface area contributed by atoms with E-state index in [1.165, 1.54) is 6.34 Å². The maximum Gasteiger partial charge on any atom is 0.267 e. The number of hydrogen-bond donors (Lipinski definition) is 1. The number of hydrogen-bond acceptors (Lipinski definition) is 5. The van der Waals surface area contributed by atoms with Crippen molar-refractivity contribution < 1.29 is 8.42 Å². The highest BCUT2D eigenvalue weighted by Gasteiger charge is 2.28. The smallest absolute Gasteiger partial charge is 0.267 e. The van der Waals surface area contributed by atoms with Crippen LogP contribution >= 0.6 is 0 Å². The molecule has 1 aliphatic heterocycles. The van der Waals surface area contributed by atoms with Gasteiger partial charge in [-0.2, -0.15) is 0 Å². The Balaban J connectivity index is 1.98. The Labute approximate surface area is 116 Å². The first kappa shape index (κ1) is 12.6. The van der Waals surface area contributed by atoms with Gasteiger partial charge in [0.05, 0.1) is 17.9 Å². The lowest BCUT2D eigenvalue weighted by Crippen LogP contribution is -2.31. The van der Waals surface area contributed by atoms with Crippen LogP contribution in [0.25, 0.3) is 0 Å². The maximum absolute atomic E-state index is 12.5. The number of aliphatic imine (C=N–C) groups is 1. The molecule has 0 bridgehead atoms. The van der Waals surface area contributed by atoms with Crippen molar-refractivity contribution in [3.05, 3.63) is 48.2 Å². The normalized spacial score (nSPS) is 15.9. The third-order valence-corrected chi connectivity index (χ3v) is 4.67. The molecule has 0 aliphatic carbocycles. The van der Waals surface area contributed by atoms with E-state index in [0.717, 1.165) is 4.31 Å². The molecule has 0 atom stereocenters. The van der Waals surface area contributed by atoms with Crippen molar-refractivity contribution in [3.63, 3.8) is 0 Å². The molecule has 0 fully saturated rings. The number of nitrogens with two attached hydrogens (primary N) is 1. The third-order valence-electron chi connectivity index (χ3n) is 2.92. The van der Waals surface area contributed by atoms with Crippen LogP contribution in [0.15, 0.2) is 52.4 Å². The molecule has 1 aromatic carbocycles. The lowest BCUT2D eigenvalue weighted by Gasteiger charge is -2.23. The number of sulfonamides is 1. The Bertz CT molecular complexity index is 786. The summed E-state index contributed by atoms with van der Waals surface area (Å²) in [5.41, 5.74) is 6.61. The first-order chi connectivity index (χ1) is 9.57. The van der Waals surface area contributed by atoms with E-state index >= 15 is 0 Å². The summed E-state index contributed by atoms with van der Waals surface area (Å²) in [4.78, 5) is 8.45. The second kappa shape index (κ2) is 4.61. The number of para-hydroxylation sites is 1. The molecular formula is C13H12N4O2S. The van der Waals surface area contributed by atoms with Gasteiger partial charge in [0.1, 0.15) is 17.1 Å². The highest BCUT2D eigenvalue weighted by Crippen LogP contribution is 2.30. The Morgan fingerprint density at radius 2 is 1.90 bits per heavy atom. The molecular weight excluding hydrogens is 276 g/mol. The van der Waals surface area contributed by atoms with Gasteiger partial charge in [0, 0.05) is 0 Å². The standard InChI is InChI=1S/C13H12N4O2S/c14-13-7-3-4-10(16-13)8-17-9-15-11-5-1-2-6-12(11)20(17,18)19/h1-7,9H,8H2,(H2,14,16). The molecule has 102 valence electrons. The van der Waals surface area contributed by atoms with Crippen LogP contribution in [0.4, 0.5) is 11.5 Å². The number of pyridine rings is 1. The molecule has 0 unspecified atom stereocenters. The predicted octanol–water partition coefficient (Wildman–Crippen LogP) is 1.53. The van der Waals surface area contributed by atoms with Crippen LogP contribution in [0, 0.1) is 0 Å². The minimum atomic E-state index is -3.59. The molecule has 0 saturated carbocycles. The zero-order valence-corrected chi connectivity index (χ0v) is 11.3. The van der Waals surface area contributed by atoms with Crippen LogP contribution in [-0.2, 0) is 16.6 Å². The highest BCUT2D eigenvalue weighted by molar-refractivity contribution is 7.89. The van der Waals surface area contributed by atoms with E-state index in [2.05, 4.69) is 9.98 Å². The summed E-state index contributed by atoms with van der Waals surface area (Å²) in [6.45, 7) is 0.102. The fourth-order valence-electron chi connectivity index (χ4n) is 1.97. The van der Waals surface area contributed by atoms with E-state index in [-0.39, 0.29) is 11.4 Å². The van der Waals surface area contributed by atoms with Crippen molar-refractivity contribution in [1.82, 2.24) is 9.29 Å². The van der Waals surface area contributed by atoms with Gasteiger partial charge in [0.2, 0.25) is 0 Å². The minimum absolute atomic E-state index is 0.102. The van der Waals surface area contributed by atoms with Crippen LogP contribution < -0.4 is 5.73 Å². The third kappa shape index (κ3) is 2.12. The average molecular weight is 288 g/mol. The Kier molecular flexibility index (Phi) is 2.90. The Morgan fingerprint density at radius 1 is 1.10 bits per heavy atom. The molecule has 1 aromatic heterocycles. The maximum atomic E-state index is 12.5. The largest absolute Gasteiger partial charge is 0.384 e. The van der Waals surface area contributed by atoms with Gasteiger partial charge in [-0.25, -0.2) is 18.4 Å². The molecule has 20 heavy (non-hydrogen) atoms. The van der Waals surface area contributed by atoms with Gasteiger partial charge in [-0.05, 0) is 24.3 Å². The summed E-state index contributed by atoms with van der Waals surface area (Å²) in [5.74, 6) is 0.356. The van der Waals surface area contributed by atoms with E-state index in [1.54, 1.807) is 42.5 Å². The molecule has 2 aromatic rings. The SMILES string of the molecule is Nc1cccc(CN2C=Nc3ccccc3S2(=O)=O)n1. The lowest BCUT2D eigenvalue weighted by molar-refractivity contribution is 0.518. The minimum Gasteiger partial charge on any atom is -0.384 e. The van der Waals surface area contributed by atoms with Crippen LogP contribution in [0.5, 0.6) is 0 Å². The van der Waals surface area contributed by atoms with E-state index in [4.69, 9.17) is 5.73 Å². The molecule has 3 rings (SSSR count). The van der Waals surface area contributed by atoms with Gasteiger partial charge in [0.15, 0.2) is 0 Å². The van der Waals surface area contributed by atoms with Gasteiger partial charge in [0.25, 0.3) is 10.0 Å². The van der Waals surface area contributed by atoms with Gasteiger partial charge >= 0.3 is 0 Å². The first-order valence-corrected chi connectivity index (χ1v) is 7.38. The van der Waals surface area contributed by atoms with Gasteiger partial charge < -0.3 is 5.73 Å². The number of anilines is 1. The summed E-state index contributed by atoms with van der Waals surface area (Å²) in [6.07, 6.45) is 1.31. The highest BCUT2D eigenvalue weighted by atomic mass is 32.2. The second-order valence-electron chi connectivity index (χ2n) is 4.32. The van der Waals surface area contributed by atoms with Gasteiger partial charge in [-0.15, -0.1) is 0 Å². The Hall–Kier alpha value is -2.41. The first-order valence-electron chi connectivity index (χ1n) is 5.94. The molecule has 6 nitrogen and oxygen atoms in total. The van der Waals surface area contributed by atoms with E-state index in [1.807, 2.05) is 0 Å². The summed E-state index contributed by atoms with van der Waals surface area (Å²) in [5, 5.41) is 0. The predicted molar refractivity (Wildman–Crippen MR) is 76.0 cm³/mol. The zero-order valence-electron chi connectivity index (χ0n) is 10.5. The number of nitrogen functional groups attached to an aromatic ring is 1. The molecule has 2 N–H and O–H groups in total. The van der Waals surface area contributed by atoms with Crippen LogP contribution in [0.2, 0.25) is 0 Å². The summed E-state index contributed by atoms with van der Waals surface area (Å²) < 4.78 is 26.1. The van der Waals surface area contributed by atoms with Crippen molar-refractivity contribution in [2.24, 2.45) is 4.99 Å². The number of fused-ring (bicyclic) bond motifs is 1. The molecule has 1 aliphatic rings. The van der Waals surface area contributed by atoms with Crippen LogP contribution in [0.1, 0.15) is 5.69 Å². The van der Waals surface area contributed by atoms with Crippen molar-refractivity contribution in [2.75, 3.05) is 5.73 Å². The van der Waals surface area contributed by atoms with E-state index in [9.17, 15) is 8.42 Å². The number of benzene rings is 1. The fourth-order valence-corrected chi connectivity index (χ4v) is 3.33. The van der Waals surface area contributed by atoms with Crippen molar-refractivity contribution in [2.45, 2.75) is 11.4 Å². The molecule has 0 saturated heterocycles. The quantitative estimate of drug-likeness (QED) is 0.907. The molecule has 0 radical (unpaired) electrons. The number of nitrogens with zero attached hydrogens (tertiary/aromatic N) is 3. The summed E-state index contributed by atoms with van der Waals surface area (Å²) in [6, 6.07) is 11.7. The average Bonchev–Trinajstić information content (AvgIpc) is 2.42. The van der Waals surface area contributed by atoms with E-state index in [0.29, 0.717) is 17.2 Å². The lowest BCUT2D eigenvalue weighted by atomic mass is 10.3. The van der Waals surface area contributed by atoms with Gasteiger partial charge in [-0.3, -0.25) is 4.31 Å².